The van der Waals surface area contributed by atoms with Gasteiger partial charge in [-0.3, -0.25) is 0 Å². The van der Waals surface area contributed by atoms with Gasteiger partial charge in [-0.05, 0) is 50.6 Å². The van der Waals surface area contributed by atoms with E-state index in [1.54, 1.807) is 0 Å². The first-order chi connectivity index (χ1) is 9.26. The van der Waals surface area contributed by atoms with Crippen molar-refractivity contribution in [3.8, 4) is 0 Å². The number of nitrogens with one attached hydrogen (secondary N) is 2. The summed E-state index contributed by atoms with van der Waals surface area (Å²) in [7, 11) is 2.03. The fourth-order valence-corrected chi connectivity index (χ4v) is 2.94. The molecule has 0 aliphatic carbocycles. The van der Waals surface area contributed by atoms with Crippen LogP contribution in [0.5, 0.6) is 0 Å². The molecule has 1 aromatic heterocycles. The van der Waals surface area contributed by atoms with Crippen LogP contribution in [-0.4, -0.2) is 24.6 Å². The van der Waals surface area contributed by atoms with Crippen molar-refractivity contribution in [2.24, 2.45) is 0 Å². The number of benzene rings is 1. The quantitative estimate of drug-likeness (QED) is 0.886. The van der Waals surface area contributed by atoms with E-state index in [4.69, 9.17) is 4.42 Å². The Labute approximate surface area is 113 Å². The second-order valence-corrected chi connectivity index (χ2v) is 5.33. The molecule has 1 saturated heterocycles. The van der Waals surface area contributed by atoms with E-state index in [1.807, 2.05) is 20.0 Å². The fourth-order valence-electron chi connectivity index (χ4n) is 2.94. The lowest BCUT2D eigenvalue weighted by atomic mass is 9.98. The molecule has 1 aliphatic heterocycles. The summed E-state index contributed by atoms with van der Waals surface area (Å²) in [6, 6.07) is 7.31. The summed E-state index contributed by atoms with van der Waals surface area (Å²) in [5, 5.41) is 6.98. The summed E-state index contributed by atoms with van der Waals surface area (Å²) in [5.74, 6) is 0.727. The Morgan fingerprint density at radius 1 is 1.53 bits per heavy atom. The first kappa shape index (κ1) is 12.6. The van der Waals surface area contributed by atoms with E-state index in [0.29, 0.717) is 12.1 Å². The summed E-state index contributed by atoms with van der Waals surface area (Å²) >= 11 is 0. The molecule has 1 fully saturated rings. The van der Waals surface area contributed by atoms with Crippen LogP contribution < -0.4 is 10.6 Å². The van der Waals surface area contributed by atoms with Gasteiger partial charge in [-0.2, -0.15) is 0 Å². The van der Waals surface area contributed by atoms with Gasteiger partial charge in [0.1, 0.15) is 5.52 Å². The first-order valence-electron chi connectivity index (χ1n) is 7.04. The molecule has 4 nitrogen and oxygen atoms in total. The summed E-state index contributed by atoms with van der Waals surface area (Å²) in [4.78, 5) is 4.41. The van der Waals surface area contributed by atoms with Crippen LogP contribution in [0.4, 0.5) is 0 Å². The van der Waals surface area contributed by atoms with Crippen LogP contribution in [0.3, 0.4) is 0 Å². The van der Waals surface area contributed by atoms with Crippen molar-refractivity contribution in [3.63, 3.8) is 0 Å². The van der Waals surface area contributed by atoms with Gasteiger partial charge < -0.3 is 15.1 Å². The van der Waals surface area contributed by atoms with Crippen LogP contribution in [0.25, 0.3) is 11.1 Å². The van der Waals surface area contributed by atoms with Crippen LogP contribution in [0.2, 0.25) is 0 Å². The molecule has 0 saturated carbocycles. The first-order valence-corrected chi connectivity index (χ1v) is 7.04. The molecule has 2 heterocycles. The number of hydrogen-bond donors (Lipinski definition) is 2. The molecular weight excluding hydrogens is 238 g/mol. The van der Waals surface area contributed by atoms with E-state index in [2.05, 4.69) is 27.8 Å². The van der Waals surface area contributed by atoms with Gasteiger partial charge in [-0.15, -0.1) is 0 Å². The van der Waals surface area contributed by atoms with E-state index in [9.17, 15) is 0 Å². The molecule has 1 aliphatic rings. The highest BCUT2D eigenvalue weighted by Gasteiger charge is 2.20. The zero-order valence-corrected chi connectivity index (χ0v) is 11.6. The third kappa shape index (κ3) is 2.65. The molecule has 19 heavy (non-hydrogen) atoms. The molecule has 0 spiro atoms. The van der Waals surface area contributed by atoms with Crippen LogP contribution in [-0.2, 0) is 0 Å². The third-order valence-electron chi connectivity index (χ3n) is 3.95. The maximum Gasteiger partial charge on any atom is 0.192 e. The maximum atomic E-state index is 5.53. The number of fused-ring (bicyclic) bond motifs is 1. The highest BCUT2D eigenvalue weighted by atomic mass is 16.3. The van der Waals surface area contributed by atoms with Gasteiger partial charge in [0.15, 0.2) is 11.5 Å². The molecule has 102 valence electrons. The minimum Gasteiger partial charge on any atom is -0.441 e. The summed E-state index contributed by atoms with van der Waals surface area (Å²) in [6.45, 7) is 3.04. The average Bonchev–Trinajstić information content (AvgIpc) is 3.02. The Hall–Kier alpha value is -1.39. The van der Waals surface area contributed by atoms with Crippen molar-refractivity contribution >= 4 is 11.1 Å². The van der Waals surface area contributed by atoms with E-state index < -0.39 is 0 Å². The van der Waals surface area contributed by atoms with Gasteiger partial charge in [-0.1, -0.05) is 6.07 Å². The van der Waals surface area contributed by atoms with Gasteiger partial charge in [0.2, 0.25) is 0 Å². The summed E-state index contributed by atoms with van der Waals surface area (Å²) in [5.41, 5.74) is 3.11. The van der Waals surface area contributed by atoms with Crippen LogP contribution in [0.1, 0.15) is 36.8 Å². The zero-order valence-electron chi connectivity index (χ0n) is 11.6. The Bertz CT molecular complexity index is 558. The van der Waals surface area contributed by atoms with Gasteiger partial charge in [0, 0.05) is 19.0 Å². The predicted molar refractivity (Wildman–Crippen MR) is 76.2 cm³/mol. The van der Waals surface area contributed by atoms with E-state index in [0.717, 1.165) is 30.0 Å². The van der Waals surface area contributed by atoms with Gasteiger partial charge >= 0.3 is 0 Å². The Kier molecular flexibility index (Phi) is 3.53. The number of aryl methyl sites for hydroxylation is 1. The SMILES string of the molecule is CNC(CC1CCCN1)c1ccc2oc(C)nc2c1. The standard InChI is InChI=1S/C15H21N3O/c1-10-18-14-8-11(5-6-15(14)19-10)13(16-2)9-12-4-3-7-17-12/h5-6,8,12-13,16-17H,3-4,7,9H2,1-2H3. The molecular formula is C15H21N3O. The molecule has 2 N–H and O–H groups in total. The Morgan fingerprint density at radius 3 is 3.16 bits per heavy atom. The molecule has 2 aromatic rings. The minimum atomic E-state index is 0.372. The molecule has 3 rings (SSSR count). The van der Waals surface area contributed by atoms with Gasteiger partial charge in [0.05, 0.1) is 0 Å². The van der Waals surface area contributed by atoms with Crippen molar-refractivity contribution in [1.82, 2.24) is 15.6 Å². The Morgan fingerprint density at radius 2 is 2.42 bits per heavy atom. The monoisotopic (exact) mass is 259 g/mol. The Balaban J connectivity index is 1.83. The number of hydrogen-bond acceptors (Lipinski definition) is 4. The van der Waals surface area contributed by atoms with Crippen molar-refractivity contribution < 1.29 is 4.42 Å². The predicted octanol–water partition coefficient (Wildman–Crippen LogP) is 2.54. The van der Waals surface area contributed by atoms with Crippen LogP contribution in [0.15, 0.2) is 22.6 Å². The molecule has 2 atom stereocenters. The third-order valence-corrected chi connectivity index (χ3v) is 3.95. The lowest BCUT2D eigenvalue weighted by molar-refractivity contribution is 0.453. The minimum absolute atomic E-state index is 0.372. The maximum absolute atomic E-state index is 5.53. The molecule has 0 radical (unpaired) electrons. The normalized spacial score (nSPS) is 21.1. The molecule has 1 aromatic carbocycles. The second kappa shape index (κ2) is 5.31. The van der Waals surface area contributed by atoms with Gasteiger partial charge in [-0.25, -0.2) is 4.98 Å². The highest BCUT2D eigenvalue weighted by molar-refractivity contribution is 5.73. The molecule has 0 bridgehead atoms. The van der Waals surface area contributed by atoms with Crippen molar-refractivity contribution in [1.29, 1.82) is 0 Å². The number of aromatic nitrogens is 1. The number of oxazole rings is 1. The van der Waals surface area contributed by atoms with Crippen molar-refractivity contribution in [2.45, 2.75) is 38.3 Å². The second-order valence-electron chi connectivity index (χ2n) is 5.33. The van der Waals surface area contributed by atoms with E-state index >= 15 is 0 Å². The van der Waals surface area contributed by atoms with Crippen LogP contribution in [0, 0.1) is 6.92 Å². The smallest absolute Gasteiger partial charge is 0.192 e. The molecule has 2 unspecified atom stereocenters. The fraction of sp³-hybridized carbons (Fsp3) is 0.533. The van der Waals surface area contributed by atoms with Crippen LogP contribution >= 0.6 is 0 Å². The average molecular weight is 259 g/mol. The van der Waals surface area contributed by atoms with Crippen molar-refractivity contribution in [3.05, 3.63) is 29.7 Å². The lowest BCUT2D eigenvalue weighted by Crippen LogP contribution is -2.28. The van der Waals surface area contributed by atoms with E-state index in [1.165, 1.54) is 18.4 Å². The summed E-state index contributed by atoms with van der Waals surface area (Å²) < 4.78 is 5.53. The summed E-state index contributed by atoms with van der Waals surface area (Å²) in [6.07, 6.45) is 3.70. The molecule has 4 heteroatoms. The number of nitrogens with zero attached hydrogens (tertiary/aromatic N) is 1. The lowest BCUT2D eigenvalue weighted by Gasteiger charge is -2.20. The zero-order chi connectivity index (χ0) is 13.2. The van der Waals surface area contributed by atoms with Crippen molar-refractivity contribution in [2.75, 3.05) is 13.6 Å². The highest BCUT2D eigenvalue weighted by Crippen LogP contribution is 2.25. The molecule has 0 amide bonds. The van der Waals surface area contributed by atoms with Gasteiger partial charge in [0.25, 0.3) is 0 Å². The number of rotatable bonds is 4. The largest absolute Gasteiger partial charge is 0.441 e. The van der Waals surface area contributed by atoms with E-state index in [-0.39, 0.29) is 0 Å². The topological polar surface area (TPSA) is 50.1 Å².